The zero-order chi connectivity index (χ0) is 10.9. The molecule has 1 fully saturated rings. The van der Waals surface area contributed by atoms with Crippen LogP contribution in [0.2, 0.25) is 0 Å². The Balaban J connectivity index is 0.00000128. The molecule has 1 aliphatic heterocycles. The molecule has 0 bridgehead atoms. The Hall–Kier alpha value is -0.560. The first-order chi connectivity index (χ1) is 7.08. The molecule has 92 valence electrons. The van der Waals surface area contributed by atoms with E-state index in [1.807, 2.05) is 0 Å². The largest absolute Gasteiger partial charge is 0.449 e. The maximum absolute atomic E-state index is 11.8. The molecule has 1 atom stereocenters. The van der Waals surface area contributed by atoms with Gasteiger partial charge in [0.1, 0.15) is 5.76 Å². The molecule has 0 aromatic carbocycles. The van der Waals surface area contributed by atoms with Crippen LogP contribution in [0.3, 0.4) is 0 Å². The van der Waals surface area contributed by atoms with Crippen molar-refractivity contribution < 1.29 is 12.8 Å². The smallest absolute Gasteiger partial charge is 0.274 e. The second-order valence-electron chi connectivity index (χ2n) is 3.68. The van der Waals surface area contributed by atoms with Crippen molar-refractivity contribution in [2.24, 2.45) is 0 Å². The van der Waals surface area contributed by atoms with Crippen LogP contribution in [-0.2, 0) is 10.0 Å². The molecule has 16 heavy (non-hydrogen) atoms. The van der Waals surface area contributed by atoms with Crippen molar-refractivity contribution >= 4 is 22.4 Å². The molecule has 0 radical (unpaired) electrons. The highest BCUT2D eigenvalue weighted by Gasteiger charge is 2.24. The standard InChI is InChI=1S/C9H14N2O3S.ClH/c1-7-2-3-9(14-7)15(12,13)11-8-4-5-10-6-8;/h2-3,8,10-11H,4-6H2,1H3;1H. The van der Waals surface area contributed by atoms with E-state index in [9.17, 15) is 8.42 Å². The zero-order valence-electron chi connectivity index (χ0n) is 8.89. The van der Waals surface area contributed by atoms with Crippen molar-refractivity contribution in [1.82, 2.24) is 10.0 Å². The summed E-state index contributed by atoms with van der Waals surface area (Å²) in [6.45, 7) is 3.25. The first-order valence-corrected chi connectivity index (χ1v) is 6.36. The van der Waals surface area contributed by atoms with E-state index < -0.39 is 10.0 Å². The van der Waals surface area contributed by atoms with E-state index in [4.69, 9.17) is 4.42 Å². The minimum absolute atomic E-state index is 0. The highest BCUT2D eigenvalue weighted by molar-refractivity contribution is 7.89. The Bertz CT molecular complexity index is 437. The van der Waals surface area contributed by atoms with Crippen LogP contribution in [0.1, 0.15) is 12.2 Å². The van der Waals surface area contributed by atoms with E-state index in [0.717, 1.165) is 13.0 Å². The van der Waals surface area contributed by atoms with Crippen LogP contribution in [0.4, 0.5) is 0 Å². The molecule has 5 nitrogen and oxygen atoms in total. The van der Waals surface area contributed by atoms with Crippen molar-refractivity contribution in [3.05, 3.63) is 17.9 Å². The number of sulfonamides is 1. The van der Waals surface area contributed by atoms with Gasteiger partial charge in [-0.05, 0) is 32.0 Å². The van der Waals surface area contributed by atoms with Gasteiger partial charge in [-0.2, -0.15) is 0 Å². The highest BCUT2D eigenvalue weighted by atomic mass is 35.5. The van der Waals surface area contributed by atoms with Crippen LogP contribution < -0.4 is 10.0 Å². The lowest BCUT2D eigenvalue weighted by atomic mass is 10.3. The summed E-state index contributed by atoms with van der Waals surface area (Å²) >= 11 is 0. The first kappa shape index (κ1) is 13.5. The average molecular weight is 267 g/mol. The number of hydrogen-bond acceptors (Lipinski definition) is 4. The molecule has 1 unspecified atom stereocenters. The molecule has 1 aliphatic rings. The number of hydrogen-bond donors (Lipinski definition) is 2. The van der Waals surface area contributed by atoms with Crippen LogP contribution >= 0.6 is 12.4 Å². The third-order valence-corrected chi connectivity index (χ3v) is 3.76. The fourth-order valence-corrected chi connectivity index (χ4v) is 2.83. The van der Waals surface area contributed by atoms with Crippen LogP contribution in [-0.4, -0.2) is 27.5 Å². The van der Waals surface area contributed by atoms with Gasteiger partial charge in [-0.3, -0.25) is 0 Å². The second kappa shape index (κ2) is 5.18. The van der Waals surface area contributed by atoms with Crippen LogP contribution in [0, 0.1) is 6.92 Å². The molecule has 2 heterocycles. The molecule has 2 rings (SSSR count). The fourth-order valence-electron chi connectivity index (χ4n) is 1.59. The van der Waals surface area contributed by atoms with E-state index in [1.165, 1.54) is 6.07 Å². The summed E-state index contributed by atoms with van der Waals surface area (Å²) in [4.78, 5) is 0. The van der Waals surface area contributed by atoms with Crippen LogP contribution in [0.15, 0.2) is 21.6 Å². The minimum atomic E-state index is -3.48. The Kier molecular flexibility index (Phi) is 4.37. The minimum Gasteiger partial charge on any atom is -0.449 e. The number of rotatable bonds is 3. The van der Waals surface area contributed by atoms with Gasteiger partial charge in [0.2, 0.25) is 5.09 Å². The van der Waals surface area contributed by atoms with E-state index >= 15 is 0 Å². The number of furan rings is 1. The lowest BCUT2D eigenvalue weighted by Crippen LogP contribution is -2.35. The number of nitrogens with one attached hydrogen (secondary N) is 2. The Morgan fingerprint density at radius 2 is 2.25 bits per heavy atom. The van der Waals surface area contributed by atoms with Gasteiger partial charge in [0, 0.05) is 12.6 Å². The fraction of sp³-hybridized carbons (Fsp3) is 0.556. The molecule has 1 aromatic heterocycles. The van der Waals surface area contributed by atoms with Crippen LogP contribution in [0.5, 0.6) is 0 Å². The average Bonchev–Trinajstić information content (AvgIpc) is 2.75. The SMILES string of the molecule is Cc1ccc(S(=O)(=O)NC2CCNC2)o1.Cl. The predicted molar refractivity (Wildman–Crippen MR) is 62.3 cm³/mol. The van der Waals surface area contributed by atoms with Gasteiger partial charge in [-0.15, -0.1) is 12.4 Å². The van der Waals surface area contributed by atoms with Crippen molar-refractivity contribution in [3.8, 4) is 0 Å². The molecule has 1 aromatic rings. The summed E-state index contributed by atoms with van der Waals surface area (Å²) in [6.07, 6.45) is 0.818. The van der Waals surface area contributed by atoms with Gasteiger partial charge >= 0.3 is 0 Å². The normalized spacial score (nSPS) is 20.7. The molecule has 7 heteroatoms. The zero-order valence-corrected chi connectivity index (χ0v) is 10.5. The summed E-state index contributed by atoms with van der Waals surface area (Å²) in [5, 5.41) is 3.09. The molecular formula is C9H15ClN2O3S. The summed E-state index contributed by atoms with van der Waals surface area (Å²) in [5.74, 6) is 0.597. The maximum atomic E-state index is 11.8. The Morgan fingerprint density at radius 3 is 2.75 bits per heavy atom. The van der Waals surface area contributed by atoms with E-state index in [1.54, 1.807) is 13.0 Å². The Morgan fingerprint density at radius 1 is 1.50 bits per heavy atom. The van der Waals surface area contributed by atoms with Crippen molar-refractivity contribution in [1.29, 1.82) is 0 Å². The molecular weight excluding hydrogens is 252 g/mol. The molecule has 0 spiro atoms. The highest BCUT2D eigenvalue weighted by Crippen LogP contribution is 2.14. The maximum Gasteiger partial charge on any atom is 0.274 e. The molecule has 0 amide bonds. The van der Waals surface area contributed by atoms with Crippen LogP contribution in [0.25, 0.3) is 0 Å². The van der Waals surface area contributed by atoms with Crippen molar-refractivity contribution in [2.45, 2.75) is 24.5 Å². The van der Waals surface area contributed by atoms with Gasteiger partial charge < -0.3 is 9.73 Å². The summed E-state index contributed by atoms with van der Waals surface area (Å²) in [5.41, 5.74) is 0. The lowest BCUT2D eigenvalue weighted by molar-refractivity contribution is 0.422. The lowest BCUT2D eigenvalue weighted by Gasteiger charge is -2.09. The molecule has 0 aliphatic carbocycles. The molecule has 1 saturated heterocycles. The Labute approximate surface area is 101 Å². The van der Waals surface area contributed by atoms with Crippen molar-refractivity contribution in [2.75, 3.05) is 13.1 Å². The van der Waals surface area contributed by atoms with Gasteiger partial charge in [0.25, 0.3) is 10.0 Å². The molecule has 2 N–H and O–H groups in total. The number of halogens is 1. The summed E-state index contributed by atoms with van der Waals surface area (Å²) < 4.78 is 31.2. The second-order valence-corrected chi connectivity index (χ2v) is 5.32. The quantitative estimate of drug-likeness (QED) is 0.843. The van der Waals surface area contributed by atoms with Gasteiger partial charge in [-0.25, -0.2) is 13.1 Å². The molecule has 0 saturated carbocycles. The van der Waals surface area contributed by atoms with Crippen molar-refractivity contribution in [3.63, 3.8) is 0 Å². The van der Waals surface area contributed by atoms with E-state index in [0.29, 0.717) is 12.3 Å². The van der Waals surface area contributed by atoms with E-state index in [-0.39, 0.29) is 23.5 Å². The van der Waals surface area contributed by atoms with Gasteiger partial charge in [0.15, 0.2) is 0 Å². The third-order valence-electron chi connectivity index (χ3n) is 2.36. The monoisotopic (exact) mass is 266 g/mol. The van der Waals surface area contributed by atoms with Gasteiger partial charge in [0.05, 0.1) is 0 Å². The predicted octanol–water partition coefficient (Wildman–Crippen LogP) is 0.650. The topological polar surface area (TPSA) is 71.3 Å². The third kappa shape index (κ3) is 2.98. The first-order valence-electron chi connectivity index (χ1n) is 4.87. The number of aryl methyl sites for hydroxylation is 1. The van der Waals surface area contributed by atoms with Gasteiger partial charge in [-0.1, -0.05) is 0 Å². The summed E-state index contributed by atoms with van der Waals surface area (Å²) in [6, 6.07) is 3.09. The van der Waals surface area contributed by atoms with E-state index in [2.05, 4.69) is 10.0 Å². The summed E-state index contributed by atoms with van der Waals surface area (Å²) in [7, 11) is -3.48.